The van der Waals surface area contributed by atoms with Gasteiger partial charge in [0.25, 0.3) is 5.60 Å². The van der Waals surface area contributed by atoms with Crippen LogP contribution < -0.4 is 9.64 Å². The number of benzene rings is 2. The Morgan fingerprint density at radius 2 is 1.62 bits per heavy atom. The number of rotatable bonds is 13. The third-order valence-corrected chi connectivity index (χ3v) is 9.20. The Morgan fingerprint density at radius 1 is 0.942 bits per heavy atom. The normalized spacial score (nSPS) is 19.3. The summed E-state index contributed by atoms with van der Waals surface area (Å²) in [4.78, 5) is 2.41. The maximum atomic E-state index is 15.1. The predicted octanol–water partition coefficient (Wildman–Crippen LogP) is 11.0. The van der Waals surface area contributed by atoms with E-state index in [4.69, 9.17) is 9.47 Å². The Balaban J connectivity index is 1.73. The number of halogens is 3. The highest BCUT2D eigenvalue weighted by molar-refractivity contribution is 5.66. The summed E-state index contributed by atoms with van der Waals surface area (Å²) in [5, 5.41) is 29.1. The van der Waals surface area contributed by atoms with Gasteiger partial charge in [-0.3, -0.25) is 0 Å². The van der Waals surface area contributed by atoms with Gasteiger partial charge in [0.15, 0.2) is 11.3 Å². The number of anilines is 1. The highest BCUT2D eigenvalue weighted by Crippen LogP contribution is 2.55. The second-order valence-corrected chi connectivity index (χ2v) is 13.8. The number of unbranched alkanes of at least 4 members (excludes halogenated alkanes) is 2. The van der Waals surface area contributed by atoms with Crippen LogP contribution in [0.15, 0.2) is 113 Å². The third-order valence-electron chi connectivity index (χ3n) is 9.20. The molecule has 0 saturated heterocycles. The minimum Gasteiger partial charge on any atom is -0.496 e. The zero-order valence-corrected chi connectivity index (χ0v) is 30.5. The molecule has 1 aliphatic carbocycles. The molecule has 0 N–H and O–H groups in total. The van der Waals surface area contributed by atoms with Crippen LogP contribution in [-0.2, 0) is 10.3 Å². The van der Waals surface area contributed by atoms with E-state index in [1.807, 2.05) is 12.2 Å². The van der Waals surface area contributed by atoms with Crippen molar-refractivity contribution in [3.05, 3.63) is 124 Å². The Labute approximate surface area is 305 Å². The minimum absolute atomic E-state index is 0.140. The van der Waals surface area contributed by atoms with Gasteiger partial charge in [-0.15, -0.1) is 0 Å². The molecule has 1 atom stereocenters. The van der Waals surface area contributed by atoms with E-state index in [0.29, 0.717) is 6.42 Å². The molecule has 4 rings (SSSR count). The Morgan fingerprint density at radius 3 is 2.19 bits per heavy atom. The average molecular weight is 707 g/mol. The summed E-state index contributed by atoms with van der Waals surface area (Å²) in [7, 11) is 1.67. The number of nitriles is 3. The molecule has 0 amide bonds. The Bertz CT molecular complexity index is 1900. The number of ether oxygens (including phenoxy) is 2. The zero-order valence-electron chi connectivity index (χ0n) is 30.5. The SMILES string of the molecule is CCCCN(CCCC)c1ccc(C=CC2=CC(=CC=CC3=C(C#N)C(=C(C#N)C#N)OC3(c3ccccc3)C(F)(F)F)CC(C)(C)C2)c(OC)c1. The Hall–Kier alpha value is -5.46. The second kappa shape index (κ2) is 17.2. The molecule has 1 unspecified atom stereocenters. The van der Waals surface area contributed by atoms with Crippen LogP contribution in [0.1, 0.15) is 77.3 Å². The highest BCUT2D eigenvalue weighted by atomic mass is 19.4. The summed E-state index contributed by atoms with van der Waals surface area (Å²) in [5.41, 5.74) is -1.25. The van der Waals surface area contributed by atoms with Crippen LogP contribution in [0.25, 0.3) is 6.08 Å². The van der Waals surface area contributed by atoms with E-state index in [-0.39, 0.29) is 11.0 Å². The number of alkyl halides is 3. The van der Waals surface area contributed by atoms with E-state index in [1.165, 1.54) is 36.4 Å². The monoisotopic (exact) mass is 706 g/mol. The number of nitrogens with zero attached hydrogens (tertiary/aromatic N) is 4. The molecule has 0 spiro atoms. The fourth-order valence-electron chi connectivity index (χ4n) is 6.72. The molecule has 0 aromatic heterocycles. The Kier molecular flexibility index (Phi) is 13.0. The summed E-state index contributed by atoms with van der Waals surface area (Å²) in [6, 6.07) is 18.1. The molecular formula is C43H45F3N4O2. The first kappa shape index (κ1) is 39.3. The molecular weight excluding hydrogens is 661 g/mol. The van der Waals surface area contributed by atoms with Crippen molar-refractivity contribution in [1.82, 2.24) is 0 Å². The van der Waals surface area contributed by atoms with Crippen LogP contribution in [0.3, 0.4) is 0 Å². The van der Waals surface area contributed by atoms with Gasteiger partial charge in [-0.2, -0.15) is 29.0 Å². The predicted molar refractivity (Wildman–Crippen MR) is 199 cm³/mol. The van der Waals surface area contributed by atoms with Gasteiger partial charge in [-0.05, 0) is 54.4 Å². The van der Waals surface area contributed by atoms with Gasteiger partial charge in [0.05, 0.1) is 7.11 Å². The van der Waals surface area contributed by atoms with E-state index < -0.39 is 34.3 Å². The zero-order chi connectivity index (χ0) is 37.9. The smallest absolute Gasteiger partial charge is 0.437 e. The minimum atomic E-state index is -5.05. The van der Waals surface area contributed by atoms with Crippen LogP contribution in [-0.4, -0.2) is 26.4 Å². The number of allylic oxidation sites excluding steroid dienone is 8. The van der Waals surface area contributed by atoms with Crippen molar-refractivity contribution in [2.75, 3.05) is 25.1 Å². The molecule has 0 saturated carbocycles. The topological polar surface area (TPSA) is 93.1 Å². The quantitative estimate of drug-likeness (QED) is 0.193. The van der Waals surface area contributed by atoms with Gasteiger partial charge in [0.1, 0.15) is 29.5 Å². The average Bonchev–Trinajstić information content (AvgIpc) is 3.46. The lowest BCUT2D eigenvalue weighted by Gasteiger charge is -2.33. The number of hydrogen-bond acceptors (Lipinski definition) is 6. The van der Waals surface area contributed by atoms with Crippen molar-refractivity contribution < 1.29 is 22.6 Å². The van der Waals surface area contributed by atoms with E-state index in [0.717, 1.165) is 73.3 Å². The van der Waals surface area contributed by atoms with Crippen LogP contribution in [0.4, 0.5) is 18.9 Å². The number of hydrogen-bond donors (Lipinski definition) is 0. The molecule has 52 heavy (non-hydrogen) atoms. The summed E-state index contributed by atoms with van der Waals surface area (Å²) in [5.74, 6) is 0.0857. The van der Waals surface area contributed by atoms with Crippen molar-refractivity contribution >= 4 is 11.8 Å². The first-order valence-electron chi connectivity index (χ1n) is 17.6. The summed E-state index contributed by atoms with van der Waals surface area (Å²) in [6.07, 6.45) is 11.4. The molecule has 0 radical (unpaired) electrons. The van der Waals surface area contributed by atoms with Gasteiger partial charge in [0, 0.05) is 41.5 Å². The summed E-state index contributed by atoms with van der Waals surface area (Å²) >= 11 is 0. The van der Waals surface area contributed by atoms with E-state index in [9.17, 15) is 15.8 Å². The molecule has 0 fully saturated rings. The van der Waals surface area contributed by atoms with Crippen molar-refractivity contribution in [1.29, 1.82) is 15.8 Å². The van der Waals surface area contributed by atoms with Gasteiger partial charge in [-0.1, -0.05) is 107 Å². The van der Waals surface area contributed by atoms with Crippen LogP contribution in [0, 0.1) is 39.4 Å². The van der Waals surface area contributed by atoms with Crippen LogP contribution in [0.2, 0.25) is 0 Å². The molecule has 1 heterocycles. The largest absolute Gasteiger partial charge is 0.496 e. The molecule has 2 aromatic carbocycles. The first-order valence-corrected chi connectivity index (χ1v) is 17.6. The lowest BCUT2D eigenvalue weighted by atomic mass is 9.75. The fourth-order valence-corrected chi connectivity index (χ4v) is 6.72. The third kappa shape index (κ3) is 8.70. The molecule has 0 bridgehead atoms. The van der Waals surface area contributed by atoms with Gasteiger partial charge < -0.3 is 14.4 Å². The van der Waals surface area contributed by atoms with Crippen molar-refractivity contribution in [2.45, 2.75) is 78.0 Å². The molecule has 9 heteroatoms. The lowest BCUT2D eigenvalue weighted by molar-refractivity contribution is -0.249. The molecule has 2 aliphatic rings. The van der Waals surface area contributed by atoms with Crippen LogP contribution in [0.5, 0.6) is 5.75 Å². The van der Waals surface area contributed by atoms with E-state index in [1.54, 1.807) is 37.5 Å². The van der Waals surface area contributed by atoms with Crippen molar-refractivity contribution in [3.8, 4) is 24.0 Å². The van der Waals surface area contributed by atoms with Crippen LogP contribution >= 0.6 is 0 Å². The van der Waals surface area contributed by atoms with Crippen molar-refractivity contribution in [2.24, 2.45) is 5.41 Å². The van der Waals surface area contributed by atoms with E-state index >= 15 is 13.2 Å². The van der Waals surface area contributed by atoms with Gasteiger partial charge in [0.2, 0.25) is 0 Å². The summed E-state index contributed by atoms with van der Waals surface area (Å²) < 4.78 is 56.7. The molecule has 2 aromatic rings. The van der Waals surface area contributed by atoms with E-state index in [2.05, 4.69) is 56.9 Å². The number of methoxy groups -OCH3 is 1. The maximum absolute atomic E-state index is 15.1. The van der Waals surface area contributed by atoms with Gasteiger partial charge in [-0.25, -0.2) is 0 Å². The molecule has 1 aliphatic heterocycles. The highest BCUT2D eigenvalue weighted by Gasteiger charge is 2.65. The fraction of sp³-hybridized carbons (Fsp3) is 0.372. The van der Waals surface area contributed by atoms with Crippen molar-refractivity contribution in [3.63, 3.8) is 0 Å². The molecule has 270 valence electrons. The maximum Gasteiger partial charge on any atom is 0.437 e. The first-order chi connectivity index (χ1) is 24.9. The standard InChI is InChI=1S/C43H45F3N4O2/c1-6-8-22-50(23-9-7-2)36-21-20-33(39(25-36)51-5)19-18-32-24-31(26-41(3,4)27-32)14-13-17-38-37(30-49)40(34(28-47)29-48)52-42(38,43(44,45)46)35-15-11-10-12-16-35/h10-21,24-25H,6-9,22-23,26-27H2,1-5H3. The second-order valence-electron chi connectivity index (χ2n) is 13.8. The molecule has 6 nitrogen and oxygen atoms in total. The lowest BCUT2D eigenvalue weighted by Crippen LogP contribution is -2.43. The van der Waals surface area contributed by atoms with Gasteiger partial charge >= 0.3 is 6.18 Å². The summed E-state index contributed by atoms with van der Waals surface area (Å²) in [6.45, 7) is 10.6.